The highest BCUT2D eigenvalue weighted by Crippen LogP contribution is 2.45. The summed E-state index contributed by atoms with van der Waals surface area (Å²) in [6.07, 6.45) is 3.47. The minimum Gasteiger partial charge on any atom is -0.381 e. The smallest absolute Gasteiger partial charge is 0.136 e. The number of nitrogens with one attached hydrogen (secondary N) is 3. The summed E-state index contributed by atoms with van der Waals surface area (Å²) < 4.78 is 21.7. The standard InChI is InChI=1S/C25H25FN4O/c26-25(10-12-31-13-11-25)23-22-18(17-8-4-5-9-19(17)28-22)14-20(29-23)24-27-15-21(30-24)16-6-2-1-3-7-16/h1-9,15,20,23,28-29H,10-14H2,(H,27,30)/t20-,23?/m1/s1. The molecule has 158 valence electrons. The first-order valence-corrected chi connectivity index (χ1v) is 10.9. The van der Waals surface area contributed by atoms with Crippen molar-refractivity contribution < 1.29 is 9.13 Å². The van der Waals surface area contributed by atoms with Gasteiger partial charge < -0.3 is 14.7 Å². The van der Waals surface area contributed by atoms with Crippen molar-refractivity contribution in [1.29, 1.82) is 0 Å². The molecule has 2 atom stereocenters. The van der Waals surface area contributed by atoms with Crippen molar-refractivity contribution in [3.63, 3.8) is 0 Å². The summed E-state index contributed by atoms with van der Waals surface area (Å²) in [7, 11) is 0. The number of aromatic amines is 2. The summed E-state index contributed by atoms with van der Waals surface area (Å²) in [4.78, 5) is 11.7. The summed E-state index contributed by atoms with van der Waals surface area (Å²) in [6.45, 7) is 0.904. The third kappa shape index (κ3) is 3.18. The van der Waals surface area contributed by atoms with E-state index >= 15 is 4.39 Å². The van der Waals surface area contributed by atoms with E-state index < -0.39 is 11.7 Å². The van der Waals surface area contributed by atoms with Crippen molar-refractivity contribution in [3.05, 3.63) is 77.9 Å². The van der Waals surface area contributed by atoms with Crippen LogP contribution in [0.3, 0.4) is 0 Å². The quantitative estimate of drug-likeness (QED) is 0.440. The number of fused-ring (bicyclic) bond motifs is 3. The lowest BCUT2D eigenvalue weighted by Gasteiger charge is -2.41. The van der Waals surface area contributed by atoms with Gasteiger partial charge in [0, 0.05) is 54.4 Å². The fraction of sp³-hybridized carbons (Fsp3) is 0.320. The molecule has 0 aliphatic carbocycles. The van der Waals surface area contributed by atoms with E-state index in [2.05, 4.69) is 27.4 Å². The Morgan fingerprint density at radius 3 is 2.61 bits per heavy atom. The molecule has 0 spiro atoms. The summed E-state index contributed by atoms with van der Waals surface area (Å²) in [6, 6.07) is 17.8. The second-order valence-electron chi connectivity index (χ2n) is 8.60. The van der Waals surface area contributed by atoms with E-state index in [1.54, 1.807) is 0 Å². The van der Waals surface area contributed by atoms with Gasteiger partial charge in [0.15, 0.2) is 0 Å². The maximum absolute atomic E-state index is 16.2. The molecule has 1 unspecified atom stereocenters. The zero-order valence-electron chi connectivity index (χ0n) is 17.2. The molecule has 2 aliphatic heterocycles. The number of para-hydroxylation sites is 1. The van der Waals surface area contributed by atoms with E-state index in [9.17, 15) is 0 Å². The summed E-state index contributed by atoms with van der Waals surface area (Å²) >= 11 is 0. The van der Waals surface area contributed by atoms with Crippen LogP contribution in [0.1, 0.15) is 42.0 Å². The number of benzene rings is 2. The predicted molar refractivity (Wildman–Crippen MR) is 119 cm³/mol. The number of alkyl halides is 1. The molecule has 1 saturated heterocycles. The molecule has 6 heteroatoms. The molecule has 2 aliphatic rings. The number of H-pyrrole nitrogens is 2. The van der Waals surface area contributed by atoms with Gasteiger partial charge >= 0.3 is 0 Å². The second kappa shape index (κ2) is 7.32. The largest absolute Gasteiger partial charge is 0.381 e. The van der Waals surface area contributed by atoms with E-state index in [0.717, 1.165) is 34.7 Å². The van der Waals surface area contributed by atoms with Gasteiger partial charge in [0.05, 0.1) is 17.8 Å². The molecule has 2 aromatic carbocycles. The van der Waals surface area contributed by atoms with Crippen LogP contribution in [0.5, 0.6) is 0 Å². The molecule has 6 rings (SSSR count). The lowest BCUT2D eigenvalue weighted by molar-refractivity contribution is -0.0356. The predicted octanol–water partition coefficient (Wildman–Crippen LogP) is 5.00. The molecular formula is C25H25FN4O. The van der Waals surface area contributed by atoms with Gasteiger partial charge in [0.25, 0.3) is 0 Å². The lowest BCUT2D eigenvalue weighted by atomic mass is 9.81. The fourth-order valence-electron chi connectivity index (χ4n) is 5.09. The Morgan fingerprint density at radius 2 is 1.77 bits per heavy atom. The molecule has 0 saturated carbocycles. The van der Waals surface area contributed by atoms with E-state index in [1.165, 1.54) is 10.9 Å². The van der Waals surface area contributed by atoms with Crippen molar-refractivity contribution in [1.82, 2.24) is 20.3 Å². The monoisotopic (exact) mass is 416 g/mol. The molecule has 4 heterocycles. The van der Waals surface area contributed by atoms with E-state index in [4.69, 9.17) is 9.72 Å². The average Bonchev–Trinajstić information content (AvgIpc) is 3.45. The van der Waals surface area contributed by atoms with Crippen LogP contribution in [0.4, 0.5) is 4.39 Å². The minimum absolute atomic E-state index is 0.0929. The molecule has 1 fully saturated rings. The zero-order valence-corrected chi connectivity index (χ0v) is 17.2. The molecule has 5 nitrogen and oxygen atoms in total. The number of rotatable bonds is 3. The van der Waals surface area contributed by atoms with E-state index in [1.807, 2.05) is 48.7 Å². The van der Waals surface area contributed by atoms with E-state index in [-0.39, 0.29) is 6.04 Å². The van der Waals surface area contributed by atoms with Gasteiger partial charge in [0.2, 0.25) is 0 Å². The first-order valence-electron chi connectivity index (χ1n) is 10.9. The van der Waals surface area contributed by atoms with Gasteiger partial charge in [0.1, 0.15) is 11.5 Å². The Hall–Kier alpha value is -2.96. The lowest BCUT2D eigenvalue weighted by Crippen LogP contribution is -2.48. The Kier molecular flexibility index (Phi) is 4.44. The Balaban J connectivity index is 1.42. The SMILES string of the molecule is FC1(C2N[C@@H](c3nc(-c4ccccc4)c[nH]3)Cc3c2[nH]c2ccccc32)CCOCC1. The molecule has 0 radical (unpaired) electrons. The molecular weight excluding hydrogens is 391 g/mol. The van der Waals surface area contributed by atoms with Crippen LogP contribution < -0.4 is 5.32 Å². The van der Waals surface area contributed by atoms with E-state index in [0.29, 0.717) is 26.1 Å². The number of ether oxygens (including phenoxy) is 1. The molecule has 3 N–H and O–H groups in total. The number of aromatic nitrogens is 3. The first-order chi connectivity index (χ1) is 15.2. The molecule has 0 amide bonds. The van der Waals surface area contributed by atoms with Crippen molar-refractivity contribution in [2.24, 2.45) is 0 Å². The van der Waals surface area contributed by atoms with Crippen LogP contribution in [0, 0.1) is 0 Å². The summed E-state index contributed by atoms with van der Waals surface area (Å²) in [5.74, 6) is 0.843. The second-order valence-corrected chi connectivity index (χ2v) is 8.60. The van der Waals surface area contributed by atoms with Gasteiger partial charge in [-0.25, -0.2) is 9.37 Å². The number of nitrogens with zero attached hydrogens (tertiary/aromatic N) is 1. The summed E-state index contributed by atoms with van der Waals surface area (Å²) in [5, 5.41) is 4.77. The van der Waals surface area contributed by atoms with Crippen LogP contribution in [0.15, 0.2) is 60.8 Å². The first kappa shape index (κ1) is 18.8. The van der Waals surface area contributed by atoms with Gasteiger partial charge in [-0.1, -0.05) is 48.5 Å². The van der Waals surface area contributed by atoms with Crippen LogP contribution in [0.25, 0.3) is 22.2 Å². The van der Waals surface area contributed by atoms with Crippen molar-refractivity contribution in [3.8, 4) is 11.3 Å². The topological polar surface area (TPSA) is 65.7 Å². The highest BCUT2D eigenvalue weighted by Gasteiger charge is 2.46. The Bertz CT molecular complexity index is 1210. The fourth-order valence-corrected chi connectivity index (χ4v) is 5.09. The average molecular weight is 417 g/mol. The molecule has 31 heavy (non-hydrogen) atoms. The highest BCUT2D eigenvalue weighted by molar-refractivity contribution is 5.85. The molecule has 2 aromatic heterocycles. The maximum atomic E-state index is 16.2. The van der Waals surface area contributed by atoms with Crippen molar-refractivity contribution >= 4 is 10.9 Å². The van der Waals surface area contributed by atoms with Crippen LogP contribution in [-0.4, -0.2) is 33.8 Å². The molecule has 4 aromatic rings. The van der Waals surface area contributed by atoms with Crippen LogP contribution >= 0.6 is 0 Å². The Labute approximate surface area is 180 Å². The summed E-state index contributed by atoms with van der Waals surface area (Å²) in [5.41, 5.74) is 3.82. The third-order valence-corrected chi connectivity index (χ3v) is 6.75. The molecule has 0 bridgehead atoms. The maximum Gasteiger partial charge on any atom is 0.136 e. The minimum atomic E-state index is -1.36. The zero-order chi connectivity index (χ0) is 20.8. The van der Waals surface area contributed by atoms with Crippen LogP contribution in [0.2, 0.25) is 0 Å². The van der Waals surface area contributed by atoms with Gasteiger partial charge in [-0.3, -0.25) is 5.32 Å². The number of hydrogen-bond donors (Lipinski definition) is 3. The van der Waals surface area contributed by atoms with Crippen molar-refractivity contribution in [2.45, 2.75) is 37.0 Å². The number of hydrogen-bond acceptors (Lipinski definition) is 3. The van der Waals surface area contributed by atoms with Crippen LogP contribution in [-0.2, 0) is 11.2 Å². The van der Waals surface area contributed by atoms with Gasteiger partial charge in [-0.05, 0) is 18.1 Å². The third-order valence-electron chi connectivity index (χ3n) is 6.75. The van der Waals surface area contributed by atoms with Crippen molar-refractivity contribution in [2.75, 3.05) is 13.2 Å². The normalized spacial score (nSPS) is 23.0. The number of imidazole rings is 1. The van der Waals surface area contributed by atoms with Gasteiger partial charge in [-0.15, -0.1) is 0 Å². The Morgan fingerprint density at radius 1 is 1.00 bits per heavy atom. The number of halogens is 1. The highest BCUT2D eigenvalue weighted by atomic mass is 19.1. The van der Waals surface area contributed by atoms with Gasteiger partial charge in [-0.2, -0.15) is 0 Å².